The van der Waals surface area contributed by atoms with Gasteiger partial charge in [0.2, 0.25) is 0 Å². The number of fused-ring (bicyclic) bond motifs is 2. The number of hydrogen-bond donors (Lipinski definition) is 2. The number of aryl methyl sites for hydroxylation is 1. The van der Waals surface area contributed by atoms with Gasteiger partial charge in [0, 0.05) is 30.1 Å². The molecule has 27 heavy (non-hydrogen) atoms. The van der Waals surface area contributed by atoms with Gasteiger partial charge in [0.1, 0.15) is 10.5 Å². The first-order chi connectivity index (χ1) is 12.7. The van der Waals surface area contributed by atoms with Crippen LogP contribution in [-0.2, 0) is 30.0 Å². The highest BCUT2D eigenvalue weighted by Crippen LogP contribution is 2.53. The average molecular weight is 402 g/mol. The minimum absolute atomic E-state index is 0.0137. The molecule has 2 aromatic rings. The van der Waals surface area contributed by atoms with Gasteiger partial charge in [0.15, 0.2) is 0 Å². The van der Waals surface area contributed by atoms with Crippen LogP contribution in [-0.4, -0.2) is 33.3 Å². The Morgan fingerprint density at radius 2 is 2.26 bits per heavy atom. The van der Waals surface area contributed by atoms with E-state index in [0.717, 1.165) is 17.0 Å². The molecule has 0 radical (unpaired) electrons. The normalized spacial score (nSPS) is 27.0. The van der Waals surface area contributed by atoms with E-state index >= 15 is 0 Å². The zero-order chi connectivity index (χ0) is 19.4. The number of aliphatic hydroxyl groups is 1. The summed E-state index contributed by atoms with van der Waals surface area (Å²) in [7, 11) is 1.77. The van der Waals surface area contributed by atoms with Crippen molar-refractivity contribution in [3.63, 3.8) is 0 Å². The summed E-state index contributed by atoms with van der Waals surface area (Å²) in [5.74, 6) is 0. The van der Waals surface area contributed by atoms with Crippen molar-refractivity contribution in [3.05, 3.63) is 32.8 Å². The van der Waals surface area contributed by atoms with Crippen molar-refractivity contribution >= 4 is 11.3 Å². The molecule has 4 rings (SSSR count). The van der Waals surface area contributed by atoms with E-state index in [1.54, 1.807) is 17.9 Å². The number of aromatic nitrogens is 3. The molecule has 0 saturated carbocycles. The maximum absolute atomic E-state index is 13.6. The van der Waals surface area contributed by atoms with Gasteiger partial charge in [-0.05, 0) is 31.9 Å². The predicted octanol–water partition coefficient (Wildman–Crippen LogP) is 2.84. The molecule has 0 aliphatic carbocycles. The molecule has 2 unspecified atom stereocenters. The van der Waals surface area contributed by atoms with Crippen molar-refractivity contribution in [2.45, 2.75) is 50.1 Å². The molecule has 10 heteroatoms. The summed E-state index contributed by atoms with van der Waals surface area (Å²) < 4.78 is 48.6. The Balaban J connectivity index is 1.78. The van der Waals surface area contributed by atoms with Crippen LogP contribution < -0.4 is 5.32 Å². The minimum Gasteiger partial charge on any atom is -0.389 e. The first-order valence-corrected chi connectivity index (χ1v) is 9.68. The molecule has 4 heterocycles. The van der Waals surface area contributed by atoms with Crippen LogP contribution in [0.1, 0.15) is 58.5 Å². The van der Waals surface area contributed by atoms with Gasteiger partial charge in [-0.25, -0.2) is 0 Å². The number of rotatable bonds is 2. The van der Waals surface area contributed by atoms with E-state index in [9.17, 15) is 18.3 Å². The molecular formula is C17H21F3N4O2S. The molecule has 0 aromatic carbocycles. The van der Waals surface area contributed by atoms with Crippen LogP contribution in [0.5, 0.6) is 0 Å². The molecule has 3 atom stereocenters. The lowest BCUT2D eigenvalue weighted by Gasteiger charge is -2.43. The number of thiophene rings is 1. The summed E-state index contributed by atoms with van der Waals surface area (Å²) >= 11 is 0.726. The fraction of sp³-hybridized carbons (Fsp3) is 0.647. The number of alkyl halides is 3. The fourth-order valence-corrected chi connectivity index (χ4v) is 5.67. The van der Waals surface area contributed by atoms with Crippen LogP contribution in [0.3, 0.4) is 0 Å². The third-order valence-corrected chi connectivity index (χ3v) is 6.78. The molecule has 6 nitrogen and oxygen atoms in total. The fourth-order valence-electron chi connectivity index (χ4n) is 4.18. The van der Waals surface area contributed by atoms with E-state index < -0.39 is 22.8 Å². The Hall–Kier alpha value is -1.49. The van der Waals surface area contributed by atoms with E-state index in [1.807, 2.05) is 0 Å². The lowest BCUT2D eigenvalue weighted by molar-refractivity contribution is -0.135. The van der Waals surface area contributed by atoms with E-state index in [1.165, 1.54) is 6.92 Å². The molecule has 1 saturated heterocycles. The minimum atomic E-state index is -4.49. The van der Waals surface area contributed by atoms with Crippen LogP contribution >= 0.6 is 11.3 Å². The smallest absolute Gasteiger partial charge is 0.389 e. The summed E-state index contributed by atoms with van der Waals surface area (Å²) in [5, 5.41) is 21.5. The topological polar surface area (TPSA) is 72.2 Å². The van der Waals surface area contributed by atoms with Crippen LogP contribution in [0.25, 0.3) is 0 Å². The molecule has 2 aliphatic heterocycles. The molecule has 1 spiro atoms. The van der Waals surface area contributed by atoms with Crippen molar-refractivity contribution in [3.8, 4) is 0 Å². The summed E-state index contributed by atoms with van der Waals surface area (Å²) in [6.45, 7) is 2.34. The van der Waals surface area contributed by atoms with Crippen LogP contribution in [0.2, 0.25) is 0 Å². The highest BCUT2D eigenvalue weighted by Gasteiger charge is 2.49. The van der Waals surface area contributed by atoms with Crippen molar-refractivity contribution in [1.82, 2.24) is 20.3 Å². The lowest BCUT2D eigenvalue weighted by Crippen LogP contribution is -2.45. The van der Waals surface area contributed by atoms with Gasteiger partial charge in [-0.3, -0.25) is 4.68 Å². The Labute approximate surface area is 158 Å². The van der Waals surface area contributed by atoms with Gasteiger partial charge in [-0.2, -0.15) is 13.2 Å². The summed E-state index contributed by atoms with van der Waals surface area (Å²) in [5.41, 5.74) is 0.572. The van der Waals surface area contributed by atoms with Gasteiger partial charge in [-0.1, -0.05) is 5.21 Å². The van der Waals surface area contributed by atoms with E-state index in [0.29, 0.717) is 42.9 Å². The van der Waals surface area contributed by atoms with Crippen LogP contribution in [0.15, 0.2) is 6.20 Å². The zero-order valence-corrected chi connectivity index (χ0v) is 15.8. The van der Waals surface area contributed by atoms with Crippen molar-refractivity contribution < 1.29 is 23.0 Å². The second-order valence-corrected chi connectivity index (χ2v) is 8.22. The van der Waals surface area contributed by atoms with Crippen LogP contribution in [0.4, 0.5) is 13.2 Å². The average Bonchev–Trinajstić information content (AvgIpc) is 3.19. The van der Waals surface area contributed by atoms with Gasteiger partial charge in [0.05, 0.1) is 24.4 Å². The molecular weight excluding hydrogens is 381 g/mol. The third kappa shape index (κ3) is 3.18. The van der Waals surface area contributed by atoms with Gasteiger partial charge < -0.3 is 15.2 Å². The molecule has 2 N–H and O–H groups in total. The predicted molar refractivity (Wildman–Crippen MR) is 92.3 cm³/mol. The molecule has 0 bridgehead atoms. The molecule has 0 amide bonds. The van der Waals surface area contributed by atoms with Crippen molar-refractivity contribution in [2.75, 3.05) is 13.2 Å². The Bertz CT molecular complexity index is 848. The number of aliphatic hydroxyl groups excluding tert-OH is 1. The van der Waals surface area contributed by atoms with E-state index in [-0.39, 0.29) is 11.6 Å². The lowest BCUT2D eigenvalue weighted by atomic mass is 9.80. The van der Waals surface area contributed by atoms with Gasteiger partial charge in [0.25, 0.3) is 0 Å². The number of halogens is 3. The third-order valence-electron chi connectivity index (χ3n) is 5.30. The zero-order valence-electron chi connectivity index (χ0n) is 15.0. The highest BCUT2D eigenvalue weighted by molar-refractivity contribution is 7.12. The number of hydrogen-bond acceptors (Lipinski definition) is 6. The molecule has 148 valence electrons. The monoisotopic (exact) mass is 402 g/mol. The number of nitrogens with zero attached hydrogens (tertiary/aromatic N) is 3. The number of piperidine rings is 1. The molecule has 1 fully saturated rings. The second-order valence-electron chi connectivity index (χ2n) is 7.20. The maximum Gasteiger partial charge on any atom is 0.425 e. The molecule has 2 aliphatic rings. The first kappa shape index (κ1) is 18.9. The standard InChI is InChI=1S/C17H21F3N4O2S/c1-9(25)13-10-3-6-26-16(14(10)27-15(13)17(18,19)20)4-5-21-11(7-16)12-8-24(2)23-22-12/h8-9,11,21,25H,3-7H2,1-2H3/t9?,11-,16?/m0/s1. The first-order valence-electron chi connectivity index (χ1n) is 8.86. The largest absolute Gasteiger partial charge is 0.425 e. The van der Waals surface area contributed by atoms with Gasteiger partial charge in [-0.15, -0.1) is 16.4 Å². The summed E-state index contributed by atoms with van der Waals surface area (Å²) in [6.07, 6.45) is -2.42. The highest BCUT2D eigenvalue weighted by atomic mass is 32.1. The SMILES string of the molecule is CC(O)c1c(C(F)(F)F)sc2c1CCOC21CCN[C@H](c2cn(C)nn2)C1. The Kier molecular flexibility index (Phi) is 4.57. The van der Waals surface area contributed by atoms with Crippen molar-refractivity contribution in [2.24, 2.45) is 7.05 Å². The second kappa shape index (κ2) is 6.54. The number of ether oxygens (including phenoxy) is 1. The molecule has 2 aromatic heterocycles. The van der Waals surface area contributed by atoms with Crippen LogP contribution in [0, 0.1) is 0 Å². The Morgan fingerprint density at radius 3 is 2.89 bits per heavy atom. The Morgan fingerprint density at radius 1 is 1.48 bits per heavy atom. The maximum atomic E-state index is 13.6. The van der Waals surface area contributed by atoms with E-state index in [2.05, 4.69) is 15.6 Å². The van der Waals surface area contributed by atoms with E-state index in [4.69, 9.17) is 4.74 Å². The summed E-state index contributed by atoms with van der Waals surface area (Å²) in [6, 6.07) is -0.148. The number of nitrogens with one attached hydrogen (secondary N) is 1. The summed E-state index contributed by atoms with van der Waals surface area (Å²) in [4.78, 5) is -0.102. The van der Waals surface area contributed by atoms with Gasteiger partial charge >= 0.3 is 6.18 Å². The van der Waals surface area contributed by atoms with Crippen molar-refractivity contribution in [1.29, 1.82) is 0 Å². The quantitative estimate of drug-likeness (QED) is 0.808.